The molecular formula is C24H34N4O3. The number of nitrogens with zero attached hydrogens (tertiary/aromatic N) is 3. The normalized spacial score (nSPS) is 21.1. The zero-order chi connectivity index (χ0) is 22.2. The molecule has 1 aliphatic heterocycles. The molecule has 7 heteroatoms. The molecule has 0 aliphatic carbocycles. The first-order chi connectivity index (χ1) is 15.0. The first-order valence-corrected chi connectivity index (χ1v) is 11.2. The van der Waals surface area contributed by atoms with Crippen molar-refractivity contribution in [1.29, 1.82) is 0 Å². The number of nitrogens with one attached hydrogen (secondary N) is 1. The third-order valence-corrected chi connectivity index (χ3v) is 5.60. The molecule has 7 nitrogen and oxygen atoms in total. The number of hydrogen-bond donors (Lipinski definition) is 1. The second kappa shape index (κ2) is 11.0. The molecule has 0 saturated carbocycles. The van der Waals surface area contributed by atoms with Crippen LogP contribution in [0.15, 0.2) is 42.7 Å². The standard InChI is InChI=1S/C24H34N4O3/c1-5-20-12-19(13-21(6-2)28(20)24(29)31-17(3)4)27-23-25-14-22(15-26-23)30-16-18-10-8-7-9-11-18/h7-11,14-15,17,19-21H,5-6,12-13,16H2,1-4H3,(H,25,26,27)/t19-,20+,21-. The molecule has 0 spiro atoms. The summed E-state index contributed by atoms with van der Waals surface area (Å²) >= 11 is 0. The molecule has 0 unspecified atom stereocenters. The van der Waals surface area contributed by atoms with Crippen molar-refractivity contribution in [3.05, 3.63) is 48.3 Å². The lowest BCUT2D eigenvalue weighted by Crippen LogP contribution is -2.55. The first-order valence-electron chi connectivity index (χ1n) is 11.2. The third-order valence-electron chi connectivity index (χ3n) is 5.60. The number of carbonyl (C=O) groups is 1. The highest BCUT2D eigenvalue weighted by molar-refractivity contribution is 5.69. The van der Waals surface area contributed by atoms with Crippen molar-refractivity contribution in [2.24, 2.45) is 0 Å². The highest BCUT2D eigenvalue weighted by Gasteiger charge is 2.38. The number of anilines is 1. The predicted molar refractivity (Wildman–Crippen MR) is 121 cm³/mol. The number of likely N-dealkylation sites (tertiary alicyclic amines) is 1. The van der Waals surface area contributed by atoms with E-state index in [1.54, 1.807) is 12.4 Å². The Bertz CT molecular complexity index is 799. The fourth-order valence-corrected chi connectivity index (χ4v) is 4.07. The summed E-state index contributed by atoms with van der Waals surface area (Å²) in [5.41, 5.74) is 1.10. The molecule has 168 valence electrons. The molecule has 3 rings (SSSR count). The number of piperidine rings is 1. The lowest BCUT2D eigenvalue weighted by Gasteiger charge is -2.44. The van der Waals surface area contributed by atoms with Gasteiger partial charge in [-0.25, -0.2) is 14.8 Å². The minimum Gasteiger partial charge on any atom is -0.486 e. The van der Waals surface area contributed by atoms with Crippen LogP contribution < -0.4 is 10.1 Å². The molecule has 1 aliphatic rings. The molecule has 2 heterocycles. The summed E-state index contributed by atoms with van der Waals surface area (Å²) in [5.74, 6) is 1.22. The fourth-order valence-electron chi connectivity index (χ4n) is 4.07. The lowest BCUT2D eigenvalue weighted by molar-refractivity contribution is 0.0253. The summed E-state index contributed by atoms with van der Waals surface area (Å²) in [6.45, 7) is 8.49. The van der Waals surface area contributed by atoms with Crippen molar-refractivity contribution >= 4 is 12.0 Å². The van der Waals surface area contributed by atoms with Crippen LogP contribution in [0, 0.1) is 0 Å². The summed E-state index contributed by atoms with van der Waals surface area (Å²) in [6, 6.07) is 10.5. The molecular weight excluding hydrogens is 392 g/mol. The van der Waals surface area contributed by atoms with Gasteiger partial charge in [0.1, 0.15) is 6.61 Å². The third kappa shape index (κ3) is 6.32. The van der Waals surface area contributed by atoms with Gasteiger partial charge in [-0.2, -0.15) is 0 Å². The van der Waals surface area contributed by atoms with Crippen molar-refractivity contribution in [3.63, 3.8) is 0 Å². The Balaban J connectivity index is 1.58. The summed E-state index contributed by atoms with van der Waals surface area (Å²) < 4.78 is 11.3. The number of aromatic nitrogens is 2. The monoisotopic (exact) mass is 426 g/mol. The van der Waals surface area contributed by atoms with Gasteiger partial charge in [0, 0.05) is 18.1 Å². The van der Waals surface area contributed by atoms with Crippen LogP contribution in [0.3, 0.4) is 0 Å². The van der Waals surface area contributed by atoms with Gasteiger partial charge in [-0.1, -0.05) is 44.2 Å². The molecule has 1 aromatic carbocycles. The van der Waals surface area contributed by atoms with E-state index in [2.05, 4.69) is 29.1 Å². The van der Waals surface area contributed by atoms with E-state index in [-0.39, 0.29) is 30.3 Å². The van der Waals surface area contributed by atoms with Crippen LogP contribution in [-0.2, 0) is 11.3 Å². The van der Waals surface area contributed by atoms with Gasteiger partial charge in [0.2, 0.25) is 5.95 Å². The smallest absolute Gasteiger partial charge is 0.410 e. The molecule has 31 heavy (non-hydrogen) atoms. The van der Waals surface area contributed by atoms with Crippen LogP contribution >= 0.6 is 0 Å². The first kappa shape index (κ1) is 22.8. The van der Waals surface area contributed by atoms with Crippen LogP contribution in [0.1, 0.15) is 58.9 Å². The van der Waals surface area contributed by atoms with E-state index >= 15 is 0 Å². The van der Waals surface area contributed by atoms with Gasteiger partial charge in [0.05, 0.1) is 18.5 Å². The Morgan fingerprint density at radius 1 is 1.10 bits per heavy atom. The van der Waals surface area contributed by atoms with E-state index in [4.69, 9.17) is 9.47 Å². The molecule has 1 saturated heterocycles. The van der Waals surface area contributed by atoms with Crippen LogP contribution in [0.4, 0.5) is 10.7 Å². The SMILES string of the molecule is CC[C@@H]1C[C@H](Nc2ncc(OCc3ccccc3)cn2)C[C@H](CC)N1C(=O)OC(C)C. The summed E-state index contributed by atoms with van der Waals surface area (Å²) in [6.07, 6.45) is 6.53. The Labute approximate surface area is 185 Å². The topological polar surface area (TPSA) is 76.6 Å². The number of rotatable bonds is 8. The van der Waals surface area contributed by atoms with Gasteiger partial charge < -0.3 is 19.7 Å². The average Bonchev–Trinajstić information content (AvgIpc) is 2.78. The van der Waals surface area contributed by atoms with Crippen molar-refractivity contribution in [2.75, 3.05) is 5.32 Å². The molecule has 1 N–H and O–H groups in total. The molecule has 1 aromatic heterocycles. The zero-order valence-electron chi connectivity index (χ0n) is 19.0. The van der Waals surface area contributed by atoms with Gasteiger partial charge in [-0.15, -0.1) is 0 Å². The van der Waals surface area contributed by atoms with E-state index in [9.17, 15) is 4.79 Å². The average molecular weight is 427 g/mol. The van der Waals surface area contributed by atoms with E-state index in [0.717, 1.165) is 31.2 Å². The molecule has 1 fully saturated rings. The Morgan fingerprint density at radius 3 is 2.26 bits per heavy atom. The number of benzene rings is 1. The summed E-state index contributed by atoms with van der Waals surface area (Å²) in [4.78, 5) is 23.5. The van der Waals surface area contributed by atoms with E-state index in [0.29, 0.717) is 18.3 Å². The van der Waals surface area contributed by atoms with E-state index < -0.39 is 0 Å². The highest BCUT2D eigenvalue weighted by atomic mass is 16.6. The van der Waals surface area contributed by atoms with Crippen molar-refractivity contribution in [1.82, 2.24) is 14.9 Å². The maximum absolute atomic E-state index is 12.7. The number of carbonyl (C=O) groups excluding carboxylic acids is 1. The Kier molecular flexibility index (Phi) is 8.09. The van der Waals surface area contributed by atoms with Gasteiger partial charge in [-0.05, 0) is 45.1 Å². The molecule has 1 amide bonds. The van der Waals surface area contributed by atoms with Crippen molar-refractivity contribution in [3.8, 4) is 5.75 Å². The van der Waals surface area contributed by atoms with Gasteiger partial charge in [0.15, 0.2) is 5.75 Å². The molecule has 2 aromatic rings. The van der Waals surface area contributed by atoms with Gasteiger partial charge >= 0.3 is 6.09 Å². The minimum absolute atomic E-state index is 0.116. The maximum atomic E-state index is 12.7. The van der Waals surface area contributed by atoms with Crippen molar-refractivity contribution in [2.45, 2.75) is 84.2 Å². The predicted octanol–water partition coefficient (Wildman–Crippen LogP) is 5.03. The summed E-state index contributed by atoms with van der Waals surface area (Å²) in [5, 5.41) is 3.45. The maximum Gasteiger partial charge on any atom is 0.410 e. The Hall–Kier alpha value is -2.83. The van der Waals surface area contributed by atoms with E-state index in [1.165, 1.54) is 0 Å². The minimum atomic E-state index is -0.205. The second-order valence-electron chi connectivity index (χ2n) is 8.29. The molecule has 0 bridgehead atoms. The summed E-state index contributed by atoms with van der Waals surface area (Å²) in [7, 11) is 0. The van der Waals surface area contributed by atoms with Gasteiger partial charge in [-0.3, -0.25) is 0 Å². The zero-order valence-corrected chi connectivity index (χ0v) is 19.0. The number of ether oxygens (including phenoxy) is 2. The second-order valence-corrected chi connectivity index (χ2v) is 8.29. The van der Waals surface area contributed by atoms with Crippen LogP contribution in [-0.4, -0.2) is 45.2 Å². The highest BCUT2D eigenvalue weighted by Crippen LogP contribution is 2.29. The van der Waals surface area contributed by atoms with Crippen LogP contribution in [0.25, 0.3) is 0 Å². The van der Waals surface area contributed by atoms with Crippen LogP contribution in [0.2, 0.25) is 0 Å². The lowest BCUT2D eigenvalue weighted by atomic mass is 9.89. The van der Waals surface area contributed by atoms with E-state index in [1.807, 2.05) is 49.1 Å². The Morgan fingerprint density at radius 2 is 1.71 bits per heavy atom. The quantitative estimate of drug-likeness (QED) is 0.638. The molecule has 0 radical (unpaired) electrons. The largest absolute Gasteiger partial charge is 0.486 e. The molecule has 3 atom stereocenters. The van der Waals surface area contributed by atoms with Crippen molar-refractivity contribution < 1.29 is 14.3 Å². The number of hydrogen-bond acceptors (Lipinski definition) is 6. The number of amides is 1. The van der Waals surface area contributed by atoms with Crippen LogP contribution in [0.5, 0.6) is 5.75 Å². The van der Waals surface area contributed by atoms with Gasteiger partial charge in [0.25, 0.3) is 0 Å². The fraction of sp³-hybridized carbons (Fsp3) is 0.542.